The molecule has 1 aromatic heterocycles. The number of hydrogen-bond donors (Lipinski definition) is 2. The standard InChI is InChI=1S/C7H8ClN3O/c8-5-1-2-6(10-4-5)3-7(9)11-12/h1-2,4,12H,3H2,(H2,9,11). The summed E-state index contributed by atoms with van der Waals surface area (Å²) in [6.07, 6.45) is 1.84. The highest BCUT2D eigenvalue weighted by atomic mass is 35.5. The number of oxime groups is 1. The van der Waals surface area contributed by atoms with Crippen LogP contribution in [0.2, 0.25) is 5.02 Å². The van der Waals surface area contributed by atoms with E-state index in [0.29, 0.717) is 11.4 Å². The van der Waals surface area contributed by atoms with Crippen LogP contribution >= 0.6 is 11.6 Å². The van der Waals surface area contributed by atoms with Crippen molar-refractivity contribution < 1.29 is 5.21 Å². The zero-order valence-corrected chi connectivity index (χ0v) is 6.99. The summed E-state index contributed by atoms with van der Waals surface area (Å²) in [5, 5.41) is 11.7. The van der Waals surface area contributed by atoms with Crippen LogP contribution in [-0.2, 0) is 6.42 Å². The summed E-state index contributed by atoms with van der Waals surface area (Å²) in [6.45, 7) is 0. The van der Waals surface area contributed by atoms with Crippen molar-refractivity contribution in [2.75, 3.05) is 0 Å². The van der Waals surface area contributed by atoms with Gasteiger partial charge in [-0.1, -0.05) is 16.8 Å². The number of amidine groups is 1. The summed E-state index contributed by atoms with van der Waals surface area (Å²) >= 11 is 5.61. The smallest absolute Gasteiger partial charge is 0.145 e. The van der Waals surface area contributed by atoms with Gasteiger partial charge in [-0.3, -0.25) is 4.98 Å². The lowest BCUT2D eigenvalue weighted by Crippen LogP contribution is -2.15. The first-order chi connectivity index (χ1) is 5.72. The third-order valence-corrected chi connectivity index (χ3v) is 1.50. The molecule has 0 radical (unpaired) electrons. The molecule has 0 aliphatic rings. The van der Waals surface area contributed by atoms with E-state index in [9.17, 15) is 0 Å². The van der Waals surface area contributed by atoms with Crippen molar-refractivity contribution in [1.29, 1.82) is 0 Å². The van der Waals surface area contributed by atoms with Crippen molar-refractivity contribution in [2.45, 2.75) is 6.42 Å². The van der Waals surface area contributed by atoms with E-state index in [1.807, 2.05) is 0 Å². The highest BCUT2D eigenvalue weighted by molar-refractivity contribution is 6.30. The molecule has 1 rings (SSSR count). The fourth-order valence-corrected chi connectivity index (χ4v) is 0.844. The van der Waals surface area contributed by atoms with Gasteiger partial charge in [-0.15, -0.1) is 0 Å². The first-order valence-electron chi connectivity index (χ1n) is 3.29. The Hall–Kier alpha value is -1.29. The number of aromatic nitrogens is 1. The monoisotopic (exact) mass is 185 g/mol. The zero-order valence-electron chi connectivity index (χ0n) is 6.24. The Labute approximate surface area is 74.7 Å². The molecule has 0 aliphatic carbocycles. The van der Waals surface area contributed by atoms with Crippen LogP contribution in [0, 0.1) is 0 Å². The molecule has 1 aromatic rings. The van der Waals surface area contributed by atoms with Crippen molar-refractivity contribution in [3.63, 3.8) is 0 Å². The lowest BCUT2D eigenvalue weighted by Gasteiger charge is -1.97. The van der Waals surface area contributed by atoms with Crippen LogP contribution in [0.1, 0.15) is 5.69 Å². The molecule has 0 amide bonds. The number of nitrogens with zero attached hydrogens (tertiary/aromatic N) is 2. The molecule has 64 valence electrons. The molecular formula is C7H8ClN3O. The number of pyridine rings is 1. The molecule has 0 atom stereocenters. The molecule has 0 bridgehead atoms. The van der Waals surface area contributed by atoms with Gasteiger partial charge in [0.1, 0.15) is 5.84 Å². The molecule has 4 nitrogen and oxygen atoms in total. The van der Waals surface area contributed by atoms with E-state index < -0.39 is 0 Å². The van der Waals surface area contributed by atoms with Crippen molar-refractivity contribution in [1.82, 2.24) is 4.98 Å². The van der Waals surface area contributed by atoms with Crippen LogP contribution < -0.4 is 5.73 Å². The summed E-state index contributed by atoms with van der Waals surface area (Å²) < 4.78 is 0. The van der Waals surface area contributed by atoms with E-state index in [0.717, 1.165) is 5.69 Å². The molecule has 12 heavy (non-hydrogen) atoms. The molecule has 0 saturated carbocycles. The molecule has 5 heteroatoms. The SMILES string of the molecule is N/C(Cc1ccc(Cl)cn1)=N\O. The van der Waals surface area contributed by atoms with Crippen molar-refractivity contribution >= 4 is 17.4 Å². The highest BCUT2D eigenvalue weighted by Crippen LogP contribution is 2.06. The first-order valence-corrected chi connectivity index (χ1v) is 3.67. The normalized spacial score (nSPS) is 11.6. The fraction of sp³-hybridized carbons (Fsp3) is 0.143. The van der Waals surface area contributed by atoms with E-state index in [1.165, 1.54) is 6.20 Å². The summed E-state index contributed by atoms with van der Waals surface area (Å²) in [7, 11) is 0. The lowest BCUT2D eigenvalue weighted by molar-refractivity contribution is 0.317. The van der Waals surface area contributed by atoms with Crippen molar-refractivity contribution in [3.05, 3.63) is 29.0 Å². The van der Waals surface area contributed by atoms with E-state index in [4.69, 9.17) is 22.5 Å². The van der Waals surface area contributed by atoms with Crippen LogP contribution in [0.5, 0.6) is 0 Å². The zero-order chi connectivity index (χ0) is 8.97. The number of rotatable bonds is 2. The van der Waals surface area contributed by atoms with Gasteiger partial charge in [-0.2, -0.15) is 0 Å². The van der Waals surface area contributed by atoms with Crippen LogP contribution in [0.3, 0.4) is 0 Å². The van der Waals surface area contributed by atoms with Gasteiger partial charge in [0, 0.05) is 11.9 Å². The maximum atomic E-state index is 8.26. The van der Waals surface area contributed by atoms with Gasteiger partial charge in [0.25, 0.3) is 0 Å². The Bertz CT molecular complexity index is 283. The van der Waals surface area contributed by atoms with E-state index in [2.05, 4.69) is 10.1 Å². The second kappa shape index (κ2) is 3.92. The minimum Gasteiger partial charge on any atom is -0.409 e. The van der Waals surface area contributed by atoms with Crippen LogP contribution in [-0.4, -0.2) is 16.0 Å². The van der Waals surface area contributed by atoms with Crippen molar-refractivity contribution in [2.24, 2.45) is 10.9 Å². The first kappa shape index (κ1) is 8.80. The lowest BCUT2D eigenvalue weighted by atomic mass is 10.2. The number of halogens is 1. The Morgan fingerprint density at radius 2 is 2.42 bits per heavy atom. The largest absolute Gasteiger partial charge is 0.409 e. The average molecular weight is 186 g/mol. The molecule has 0 aliphatic heterocycles. The van der Waals surface area contributed by atoms with Gasteiger partial charge in [0.15, 0.2) is 0 Å². The van der Waals surface area contributed by atoms with Gasteiger partial charge in [0.2, 0.25) is 0 Å². The van der Waals surface area contributed by atoms with Gasteiger partial charge in [0.05, 0.1) is 11.4 Å². The Morgan fingerprint density at radius 3 is 2.92 bits per heavy atom. The maximum absolute atomic E-state index is 8.26. The van der Waals surface area contributed by atoms with E-state index in [1.54, 1.807) is 12.1 Å². The van der Waals surface area contributed by atoms with Gasteiger partial charge < -0.3 is 10.9 Å². The highest BCUT2D eigenvalue weighted by Gasteiger charge is 1.97. The van der Waals surface area contributed by atoms with Gasteiger partial charge in [-0.25, -0.2) is 0 Å². The fourth-order valence-electron chi connectivity index (χ4n) is 0.732. The molecule has 0 saturated heterocycles. The minimum atomic E-state index is 0.129. The maximum Gasteiger partial charge on any atom is 0.145 e. The van der Waals surface area contributed by atoms with Gasteiger partial charge >= 0.3 is 0 Å². The molecule has 0 unspecified atom stereocenters. The van der Waals surface area contributed by atoms with E-state index >= 15 is 0 Å². The molecule has 0 spiro atoms. The number of hydrogen-bond acceptors (Lipinski definition) is 3. The van der Waals surface area contributed by atoms with E-state index in [-0.39, 0.29) is 5.84 Å². The Morgan fingerprint density at radius 1 is 1.67 bits per heavy atom. The minimum absolute atomic E-state index is 0.129. The summed E-state index contributed by atoms with van der Waals surface area (Å²) in [5.74, 6) is 0.129. The Balaban J connectivity index is 2.71. The second-order valence-corrected chi connectivity index (χ2v) is 2.67. The van der Waals surface area contributed by atoms with Gasteiger partial charge in [-0.05, 0) is 12.1 Å². The number of nitrogens with two attached hydrogens (primary N) is 1. The van der Waals surface area contributed by atoms with Crippen LogP contribution in [0.15, 0.2) is 23.5 Å². The van der Waals surface area contributed by atoms with Crippen LogP contribution in [0.25, 0.3) is 0 Å². The third kappa shape index (κ3) is 2.39. The molecule has 0 aromatic carbocycles. The van der Waals surface area contributed by atoms with Crippen LogP contribution in [0.4, 0.5) is 0 Å². The second-order valence-electron chi connectivity index (χ2n) is 2.24. The topological polar surface area (TPSA) is 71.5 Å². The third-order valence-electron chi connectivity index (χ3n) is 1.28. The molecule has 0 fully saturated rings. The predicted molar refractivity (Wildman–Crippen MR) is 46.4 cm³/mol. The predicted octanol–water partition coefficient (Wildman–Crippen LogP) is 1.02. The summed E-state index contributed by atoms with van der Waals surface area (Å²) in [6, 6.07) is 3.43. The molecule has 1 heterocycles. The Kier molecular flexibility index (Phi) is 2.88. The quantitative estimate of drug-likeness (QED) is 0.313. The summed E-state index contributed by atoms with van der Waals surface area (Å²) in [4.78, 5) is 3.96. The molecular weight excluding hydrogens is 178 g/mol. The summed E-state index contributed by atoms with van der Waals surface area (Å²) in [5.41, 5.74) is 5.99. The average Bonchev–Trinajstić information content (AvgIpc) is 2.09. The van der Waals surface area contributed by atoms with Crippen molar-refractivity contribution in [3.8, 4) is 0 Å². The molecule has 3 N–H and O–H groups in total.